The third kappa shape index (κ3) is 11.9. The summed E-state index contributed by atoms with van der Waals surface area (Å²) in [7, 11) is -1.08. The zero-order valence-corrected chi connectivity index (χ0v) is 37.0. The Morgan fingerprint density at radius 1 is 0.904 bits per heavy atom. The number of aldehydes is 1. The molecule has 0 aromatic heterocycles. The van der Waals surface area contributed by atoms with Crippen LogP contribution < -0.4 is 0 Å². The first kappa shape index (κ1) is 45.2. The number of methoxy groups -OCH3 is 2. The molecule has 0 saturated carbocycles. The highest BCUT2D eigenvalue weighted by atomic mass is 28.4. The van der Waals surface area contributed by atoms with E-state index in [1.54, 1.807) is 7.11 Å². The molecule has 0 amide bonds. The fraction of sp³-hybridized carbons (Fsp3) is 0.854. The molecule has 0 aromatic rings. The maximum atomic E-state index is 12.8. The molecular formula is C41H74O9Si2. The zero-order chi connectivity index (χ0) is 39.2. The van der Waals surface area contributed by atoms with Crippen molar-refractivity contribution in [2.45, 2.75) is 191 Å². The van der Waals surface area contributed by atoms with Crippen molar-refractivity contribution >= 4 is 28.9 Å². The van der Waals surface area contributed by atoms with Crippen LogP contribution in [0.2, 0.25) is 36.3 Å². The fourth-order valence-corrected chi connectivity index (χ4v) is 9.74. The van der Waals surface area contributed by atoms with Gasteiger partial charge in [0.25, 0.3) is 0 Å². The van der Waals surface area contributed by atoms with Gasteiger partial charge in [0.15, 0.2) is 16.6 Å². The number of rotatable bonds is 18. The highest BCUT2D eigenvalue weighted by molar-refractivity contribution is 6.74. The van der Waals surface area contributed by atoms with Gasteiger partial charge in [-0.25, -0.2) is 0 Å². The van der Waals surface area contributed by atoms with Crippen LogP contribution >= 0.6 is 0 Å². The van der Waals surface area contributed by atoms with E-state index in [1.807, 2.05) is 0 Å². The standard InChI is InChI=1S/C41H74O9Si2/c1-27-21-31(18-19-34-28(2)22-30(47-34)17-16-20-42)48-35(29(27)3)25-36-33(24-38(43)44-10)39(45-11)37(49-36)23-32(50-52(14,15)41(7,8)9)26-46-51(12,13)40(4,5)6/h20,27,30-37,39H,2-3,16-19,21-26H2,1,4-15H3/t27-,30+,31+,32+,33+,34+,35-,36+,37-,39-/m1/s1. The predicted molar refractivity (Wildman–Crippen MR) is 213 cm³/mol. The van der Waals surface area contributed by atoms with Crippen molar-refractivity contribution in [1.82, 2.24) is 0 Å². The first-order valence-corrected chi connectivity index (χ1v) is 25.5. The smallest absolute Gasteiger partial charge is 0.305 e. The molecular weight excluding hydrogens is 693 g/mol. The summed E-state index contributed by atoms with van der Waals surface area (Å²) >= 11 is 0. The van der Waals surface area contributed by atoms with Crippen LogP contribution in [0.25, 0.3) is 0 Å². The van der Waals surface area contributed by atoms with Crippen molar-refractivity contribution < 1.29 is 42.1 Å². The van der Waals surface area contributed by atoms with Crippen molar-refractivity contribution in [2.75, 3.05) is 20.8 Å². The summed E-state index contributed by atoms with van der Waals surface area (Å²) in [5, 5.41) is 0.0929. The molecule has 52 heavy (non-hydrogen) atoms. The summed E-state index contributed by atoms with van der Waals surface area (Å²) in [6, 6.07) is 0. The number of carbonyl (C=O) groups excluding carboxylic acids is 2. The second-order valence-corrected chi connectivity index (χ2v) is 28.4. The van der Waals surface area contributed by atoms with E-state index in [9.17, 15) is 9.59 Å². The Bertz CT molecular complexity index is 1210. The Morgan fingerprint density at radius 3 is 2.12 bits per heavy atom. The van der Waals surface area contributed by atoms with Crippen molar-refractivity contribution in [3.05, 3.63) is 24.3 Å². The SMILES string of the molecule is C=C1C[C@H](CCC=O)O[C@H]1CC[C@H]1C[C@@H](C)C(=C)[C@@H](C[C@@H]2O[C@H](C[C@@H](CO[Si](C)(C)C(C)(C)C)O[Si](C)(C)C(C)(C)C)[C@H](OC)[C@H]2CC(=O)OC)O1. The van der Waals surface area contributed by atoms with Gasteiger partial charge in [-0.1, -0.05) is 61.6 Å². The minimum atomic E-state index is -2.17. The molecule has 0 aromatic carbocycles. The molecule has 9 nitrogen and oxygen atoms in total. The minimum absolute atomic E-state index is 0.00735. The molecule has 3 saturated heterocycles. The van der Waals surface area contributed by atoms with Gasteiger partial charge in [0.2, 0.25) is 0 Å². The molecule has 0 N–H and O–H groups in total. The second-order valence-electron chi connectivity index (χ2n) is 18.8. The van der Waals surface area contributed by atoms with Crippen molar-refractivity contribution in [1.29, 1.82) is 0 Å². The third-order valence-electron chi connectivity index (χ3n) is 12.8. The molecule has 3 aliphatic heterocycles. The van der Waals surface area contributed by atoms with E-state index < -0.39 is 16.6 Å². The average Bonchev–Trinajstić information content (AvgIpc) is 3.56. The van der Waals surface area contributed by atoms with Gasteiger partial charge in [0.1, 0.15) is 6.29 Å². The monoisotopic (exact) mass is 766 g/mol. The molecule has 3 rings (SSSR count). The number of carbonyl (C=O) groups is 2. The molecule has 0 bridgehead atoms. The van der Waals surface area contributed by atoms with Crippen LogP contribution in [0.15, 0.2) is 24.3 Å². The van der Waals surface area contributed by atoms with Gasteiger partial charge >= 0.3 is 5.97 Å². The predicted octanol–water partition coefficient (Wildman–Crippen LogP) is 8.96. The lowest BCUT2D eigenvalue weighted by molar-refractivity contribution is -0.143. The van der Waals surface area contributed by atoms with Crippen LogP contribution in [0.5, 0.6) is 0 Å². The Kier molecular flexibility index (Phi) is 16.2. The van der Waals surface area contributed by atoms with Crippen LogP contribution in [0.1, 0.15) is 106 Å². The molecule has 0 radical (unpaired) electrons. The first-order chi connectivity index (χ1) is 24.0. The molecule has 3 aliphatic rings. The van der Waals surface area contributed by atoms with E-state index in [0.717, 1.165) is 49.5 Å². The van der Waals surface area contributed by atoms with Gasteiger partial charge in [-0.3, -0.25) is 4.79 Å². The van der Waals surface area contributed by atoms with Crippen molar-refractivity contribution in [2.24, 2.45) is 11.8 Å². The highest BCUT2D eigenvalue weighted by Gasteiger charge is 2.50. The Morgan fingerprint density at radius 2 is 1.54 bits per heavy atom. The van der Waals surface area contributed by atoms with E-state index >= 15 is 0 Å². The molecule has 300 valence electrons. The molecule has 3 heterocycles. The van der Waals surface area contributed by atoms with E-state index in [2.05, 4.69) is 87.8 Å². The minimum Gasteiger partial charge on any atom is -0.469 e. The van der Waals surface area contributed by atoms with Crippen LogP contribution in [-0.2, 0) is 42.1 Å². The van der Waals surface area contributed by atoms with Gasteiger partial charge in [-0.15, -0.1) is 0 Å². The van der Waals surface area contributed by atoms with Gasteiger partial charge in [-0.2, -0.15) is 0 Å². The summed E-state index contributed by atoms with van der Waals surface area (Å²) in [4.78, 5) is 23.7. The zero-order valence-electron chi connectivity index (χ0n) is 35.0. The van der Waals surface area contributed by atoms with E-state index in [4.69, 9.17) is 32.5 Å². The maximum Gasteiger partial charge on any atom is 0.305 e. The normalized spacial score (nSPS) is 31.2. The summed E-state index contributed by atoms with van der Waals surface area (Å²) in [5.41, 5.74) is 2.17. The number of ether oxygens (including phenoxy) is 5. The Balaban J connectivity index is 1.80. The molecule has 3 fully saturated rings. The number of hydrogen-bond acceptors (Lipinski definition) is 9. The lowest BCUT2D eigenvalue weighted by Gasteiger charge is -2.42. The van der Waals surface area contributed by atoms with E-state index in [1.165, 1.54) is 7.11 Å². The summed E-state index contributed by atoms with van der Waals surface area (Å²) < 4.78 is 45.2. The maximum absolute atomic E-state index is 12.8. The van der Waals surface area contributed by atoms with E-state index in [-0.39, 0.29) is 83.1 Å². The van der Waals surface area contributed by atoms with Crippen LogP contribution in [-0.4, -0.2) is 98.5 Å². The summed E-state index contributed by atoms with van der Waals surface area (Å²) in [6.45, 7) is 34.1. The Hall–Kier alpha value is -1.19. The molecule has 0 aliphatic carbocycles. The number of esters is 1. The third-order valence-corrected chi connectivity index (χ3v) is 21.9. The highest BCUT2D eigenvalue weighted by Crippen LogP contribution is 2.44. The fourth-order valence-electron chi connectivity index (χ4n) is 7.36. The topological polar surface area (TPSA) is 98.8 Å². The van der Waals surface area contributed by atoms with Gasteiger partial charge in [0, 0.05) is 32.3 Å². The van der Waals surface area contributed by atoms with Crippen LogP contribution in [0.3, 0.4) is 0 Å². The van der Waals surface area contributed by atoms with Crippen LogP contribution in [0, 0.1) is 11.8 Å². The van der Waals surface area contributed by atoms with Crippen LogP contribution in [0.4, 0.5) is 0 Å². The lowest BCUT2D eigenvalue weighted by atomic mass is 9.82. The molecule has 0 unspecified atom stereocenters. The van der Waals surface area contributed by atoms with Gasteiger partial charge in [-0.05, 0) is 85.4 Å². The first-order valence-electron chi connectivity index (χ1n) is 19.7. The van der Waals surface area contributed by atoms with Gasteiger partial charge in [0.05, 0.1) is 69.0 Å². The summed E-state index contributed by atoms with van der Waals surface area (Å²) in [5.74, 6) is -0.224. The quantitative estimate of drug-likeness (QED) is 0.0586. The van der Waals surface area contributed by atoms with E-state index in [0.29, 0.717) is 25.9 Å². The number of hydrogen-bond donors (Lipinski definition) is 0. The van der Waals surface area contributed by atoms with Crippen molar-refractivity contribution in [3.8, 4) is 0 Å². The lowest BCUT2D eigenvalue weighted by Crippen LogP contribution is -2.49. The molecule has 0 spiro atoms. The molecule has 11 heteroatoms. The largest absolute Gasteiger partial charge is 0.469 e. The summed E-state index contributed by atoms with van der Waals surface area (Å²) in [6.07, 6.45) is 5.72. The van der Waals surface area contributed by atoms with Crippen molar-refractivity contribution in [3.63, 3.8) is 0 Å². The second kappa shape index (κ2) is 18.6. The average molecular weight is 767 g/mol. The molecule has 10 atom stereocenters. The Labute approximate surface area is 318 Å². The van der Waals surface area contributed by atoms with Gasteiger partial charge < -0.3 is 37.3 Å².